The Balaban J connectivity index is 1.73. The van der Waals surface area contributed by atoms with Crippen LogP contribution in [0.3, 0.4) is 0 Å². The summed E-state index contributed by atoms with van der Waals surface area (Å²) in [6.45, 7) is 1.63. The van der Waals surface area contributed by atoms with Gasteiger partial charge >= 0.3 is 6.09 Å². The van der Waals surface area contributed by atoms with E-state index in [-0.39, 0.29) is 6.04 Å². The van der Waals surface area contributed by atoms with Crippen LogP contribution in [0.15, 0.2) is 35.9 Å². The fraction of sp³-hybridized carbons (Fsp3) is 0.462. The highest BCUT2D eigenvalue weighted by atomic mass is 16.5. The average Bonchev–Trinajstić information content (AvgIpc) is 2.61. The predicted molar refractivity (Wildman–Crippen MR) is 65.6 cm³/mol. The molecular formula is C13H16N2O3. The van der Waals surface area contributed by atoms with Crippen LogP contribution in [0.5, 0.6) is 0 Å². The second kappa shape index (κ2) is 4.40. The molecule has 2 heterocycles. The molecule has 1 fully saturated rings. The van der Waals surface area contributed by atoms with Gasteiger partial charge in [-0.25, -0.2) is 4.79 Å². The lowest BCUT2D eigenvalue weighted by atomic mass is 9.98. The van der Waals surface area contributed by atoms with Gasteiger partial charge in [0, 0.05) is 25.4 Å². The summed E-state index contributed by atoms with van der Waals surface area (Å²) in [6, 6.07) is -0.0259. The highest BCUT2D eigenvalue weighted by molar-refractivity contribution is 5.65. The number of hydrogen-bond donors (Lipinski definition) is 2. The van der Waals surface area contributed by atoms with E-state index in [1.807, 2.05) is 12.2 Å². The monoisotopic (exact) mass is 248 g/mol. The molecule has 0 spiro atoms. The normalized spacial score (nSPS) is 29.4. The van der Waals surface area contributed by atoms with Gasteiger partial charge in [0.05, 0.1) is 11.7 Å². The lowest BCUT2D eigenvalue weighted by Crippen LogP contribution is -2.37. The summed E-state index contributed by atoms with van der Waals surface area (Å²) in [5, 5.41) is 11.3. The Kier molecular flexibility index (Phi) is 2.74. The number of fused-ring (bicyclic) bond motifs is 2. The molecule has 0 bridgehead atoms. The molecule has 1 amide bonds. The van der Waals surface area contributed by atoms with Crippen molar-refractivity contribution < 1.29 is 14.6 Å². The average molecular weight is 248 g/mol. The molecule has 2 N–H and O–H groups in total. The highest BCUT2D eigenvalue weighted by Gasteiger charge is 2.33. The Labute approximate surface area is 105 Å². The van der Waals surface area contributed by atoms with Gasteiger partial charge in [-0.3, -0.25) is 0 Å². The fourth-order valence-corrected chi connectivity index (χ4v) is 2.78. The highest BCUT2D eigenvalue weighted by Crippen LogP contribution is 2.32. The van der Waals surface area contributed by atoms with E-state index in [4.69, 9.17) is 9.84 Å². The molecule has 0 aromatic heterocycles. The van der Waals surface area contributed by atoms with Crippen molar-refractivity contribution >= 4 is 6.09 Å². The maximum absolute atomic E-state index is 10.7. The molecule has 2 unspecified atom stereocenters. The number of amides is 1. The second-order valence-corrected chi connectivity index (χ2v) is 4.91. The zero-order chi connectivity index (χ0) is 12.5. The van der Waals surface area contributed by atoms with Crippen LogP contribution in [0.1, 0.15) is 12.8 Å². The minimum Gasteiger partial charge on any atom is -0.467 e. The van der Waals surface area contributed by atoms with Gasteiger partial charge in [-0.1, -0.05) is 12.2 Å². The van der Waals surface area contributed by atoms with Gasteiger partial charge in [-0.2, -0.15) is 0 Å². The van der Waals surface area contributed by atoms with E-state index in [9.17, 15) is 4.79 Å². The Morgan fingerprint density at radius 1 is 1.50 bits per heavy atom. The summed E-state index contributed by atoms with van der Waals surface area (Å²) in [7, 11) is 0. The van der Waals surface area contributed by atoms with Crippen molar-refractivity contribution in [3.8, 4) is 0 Å². The van der Waals surface area contributed by atoms with Crippen molar-refractivity contribution in [1.82, 2.24) is 10.2 Å². The van der Waals surface area contributed by atoms with Crippen molar-refractivity contribution in [1.29, 1.82) is 0 Å². The van der Waals surface area contributed by atoms with Crippen LogP contribution in [0, 0.1) is 5.92 Å². The summed E-state index contributed by atoms with van der Waals surface area (Å²) in [4.78, 5) is 12.9. The molecule has 0 aromatic rings. The molecule has 2 aliphatic heterocycles. The van der Waals surface area contributed by atoms with E-state index < -0.39 is 6.09 Å². The number of rotatable bonds is 1. The lowest BCUT2D eigenvalue weighted by Gasteiger charge is -2.24. The molecule has 1 aliphatic carbocycles. The van der Waals surface area contributed by atoms with Crippen LogP contribution >= 0.6 is 0 Å². The third-order valence-corrected chi connectivity index (χ3v) is 3.62. The summed E-state index contributed by atoms with van der Waals surface area (Å²) >= 11 is 0. The number of carbonyl (C=O) groups is 1. The molecule has 3 aliphatic rings. The van der Waals surface area contributed by atoms with Crippen molar-refractivity contribution in [3.63, 3.8) is 0 Å². The summed E-state index contributed by atoms with van der Waals surface area (Å²) in [5.74, 6) is 1.40. The Morgan fingerprint density at radius 3 is 3.22 bits per heavy atom. The molecule has 18 heavy (non-hydrogen) atoms. The standard InChI is InChI=1S/C13H16N2O3/c16-13(17)14-10-5-11-8-18-12-4-2-1-3-9(12)6-15(11)7-10/h1-2,4,8-10,14H,3,5-7H2,(H,16,17). The number of hydrogen-bond acceptors (Lipinski definition) is 3. The summed E-state index contributed by atoms with van der Waals surface area (Å²) in [5.41, 5.74) is 1.09. The number of nitrogens with zero attached hydrogens (tertiary/aromatic N) is 1. The van der Waals surface area contributed by atoms with Crippen molar-refractivity contribution in [3.05, 3.63) is 35.9 Å². The van der Waals surface area contributed by atoms with E-state index in [0.29, 0.717) is 12.3 Å². The van der Waals surface area contributed by atoms with Crippen LogP contribution < -0.4 is 5.32 Å². The first-order valence-corrected chi connectivity index (χ1v) is 6.19. The minimum atomic E-state index is -0.958. The van der Waals surface area contributed by atoms with E-state index in [0.717, 1.165) is 31.0 Å². The van der Waals surface area contributed by atoms with E-state index in [1.54, 1.807) is 6.26 Å². The van der Waals surface area contributed by atoms with Crippen LogP contribution in [-0.4, -0.2) is 35.2 Å². The van der Waals surface area contributed by atoms with Gasteiger partial charge in [-0.15, -0.1) is 0 Å². The van der Waals surface area contributed by atoms with Crippen LogP contribution in [0.25, 0.3) is 0 Å². The maximum Gasteiger partial charge on any atom is 0.404 e. The first kappa shape index (κ1) is 11.2. The largest absolute Gasteiger partial charge is 0.467 e. The molecule has 0 aromatic carbocycles. The zero-order valence-electron chi connectivity index (χ0n) is 10.0. The summed E-state index contributed by atoms with van der Waals surface area (Å²) < 4.78 is 5.71. The molecule has 2 atom stereocenters. The van der Waals surface area contributed by atoms with Gasteiger partial charge in [0.1, 0.15) is 12.0 Å². The number of nitrogens with one attached hydrogen (secondary N) is 1. The Bertz CT molecular complexity index is 453. The smallest absolute Gasteiger partial charge is 0.404 e. The molecule has 96 valence electrons. The molecule has 1 saturated heterocycles. The van der Waals surface area contributed by atoms with Gasteiger partial charge in [0.2, 0.25) is 0 Å². The molecule has 5 nitrogen and oxygen atoms in total. The van der Waals surface area contributed by atoms with Crippen molar-refractivity contribution in [2.45, 2.75) is 18.9 Å². The van der Waals surface area contributed by atoms with E-state index >= 15 is 0 Å². The van der Waals surface area contributed by atoms with Crippen LogP contribution in [0.4, 0.5) is 4.79 Å². The molecule has 5 heteroatoms. The lowest BCUT2D eigenvalue weighted by molar-refractivity contribution is 0.189. The van der Waals surface area contributed by atoms with Gasteiger partial charge in [0.15, 0.2) is 0 Å². The molecule has 3 rings (SSSR count). The third kappa shape index (κ3) is 2.08. The summed E-state index contributed by atoms with van der Waals surface area (Å²) in [6.07, 6.45) is 8.69. The van der Waals surface area contributed by atoms with E-state index in [1.165, 1.54) is 0 Å². The molecule has 0 radical (unpaired) electrons. The second-order valence-electron chi connectivity index (χ2n) is 4.91. The predicted octanol–water partition coefficient (Wildman–Crippen LogP) is 1.66. The fourth-order valence-electron chi connectivity index (χ4n) is 2.78. The van der Waals surface area contributed by atoms with Crippen molar-refractivity contribution in [2.75, 3.05) is 13.1 Å². The van der Waals surface area contributed by atoms with Gasteiger partial charge in [-0.05, 0) is 12.5 Å². The quantitative estimate of drug-likeness (QED) is 0.741. The Hall–Kier alpha value is -1.91. The zero-order valence-corrected chi connectivity index (χ0v) is 10.0. The SMILES string of the molecule is O=C(O)NC1CC2=COC3=CC=CCC3CN2C1. The molecular weight excluding hydrogens is 232 g/mol. The third-order valence-electron chi connectivity index (χ3n) is 3.62. The van der Waals surface area contributed by atoms with Crippen molar-refractivity contribution in [2.24, 2.45) is 5.92 Å². The van der Waals surface area contributed by atoms with E-state index in [2.05, 4.69) is 16.3 Å². The van der Waals surface area contributed by atoms with Gasteiger partial charge < -0.3 is 20.1 Å². The number of allylic oxidation sites excluding steroid dienone is 3. The topological polar surface area (TPSA) is 61.8 Å². The van der Waals surface area contributed by atoms with Gasteiger partial charge in [0.25, 0.3) is 0 Å². The number of carboxylic acid groups (broad SMARTS) is 1. The maximum atomic E-state index is 10.7. The van der Waals surface area contributed by atoms with Crippen LogP contribution in [-0.2, 0) is 4.74 Å². The van der Waals surface area contributed by atoms with Crippen LogP contribution in [0.2, 0.25) is 0 Å². The first-order chi connectivity index (χ1) is 8.72. The molecule has 0 saturated carbocycles. The Morgan fingerprint density at radius 2 is 2.39 bits per heavy atom. The minimum absolute atomic E-state index is 0.0259. The first-order valence-electron chi connectivity index (χ1n) is 6.19. The number of ether oxygens (including phenoxy) is 1.